The molecule has 10 heteroatoms. The number of aromatic amines is 1. The Morgan fingerprint density at radius 1 is 1.40 bits per heavy atom. The van der Waals surface area contributed by atoms with Gasteiger partial charge >= 0.3 is 0 Å². The lowest BCUT2D eigenvalue weighted by molar-refractivity contribution is 0.521. The maximum absolute atomic E-state index is 12.0. The minimum Gasteiger partial charge on any atom is -0.397 e. The maximum atomic E-state index is 12.0. The number of H-pyrrole nitrogens is 1. The molecule has 4 N–H and O–H groups in total. The normalized spacial score (nSPS) is 11.8. The fourth-order valence-corrected chi connectivity index (χ4v) is 2.44. The number of benzene rings is 1. The summed E-state index contributed by atoms with van der Waals surface area (Å²) in [5.41, 5.74) is 6.78. The molecule has 0 bridgehead atoms. The van der Waals surface area contributed by atoms with E-state index in [1.54, 1.807) is 6.07 Å². The summed E-state index contributed by atoms with van der Waals surface area (Å²) >= 11 is 0. The molecule has 0 fully saturated rings. The van der Waals surface area contributed by atoms with E-state index in [9.17, 15) is 8.42 Å². The number of hydrogen-bond donors (Lipinski definition) is 3. The van der Waals surface area contributed by atoms with Crippen molar-refractivity contribution in [1.29, 1.82) is 0 Å². The summed E-state index contributed by atoms with van der Waals surface area (Å²) in [6.45, 7) is 0.334. The third-order valence-electron chi connectivity index (χ3n) is 2.63. The van der Waals surface area contributed by atoms with E-state index in [0.29, 0.717) is 23.7 Å². The van der Waals surface area contributed by atoms with Crippen LogP contribution in [0.5, 0.6) is 0 Å². The molecule has 1 heterocycles. The molecule has 0 atom stereocenters. The van der Waals surface area contributed by atoms with Crippen molar-refractivity contribution in [2.45, 2.75) is 11.4 Å². The lowest BCUT2D eigenvalue weighted by atomic mass is 10.2. The number of rotatable bonds is 5. The average molecular weight is 297 g/mol. The standard InChI is InChI=1S/C10H15N7O2S/c1-17(2)20(18,19)7-3-4-9(8(11)5-7)12-6-10-13-15-16-14-10/h3-5,12H,6,11H2,1-2H3,(H,13,14,15,16). The molecular weight excluding hydrogens is 282 g/mol. The van der Waals surface area contributed by atoms with Gasteiger partial charge in [0.2, 0.25) is 10.0 Å². The lowest BCUT2D eigenvalue weighted by Crippen LogP contribution is -2.22. The number of sulfonamides is 1. The molecule has 2 aromatic rings. The van der Waals surface area contributed by atoms with Gasteiger partial charge in [0.05, 0.1) is 22.8 Å². The van der Waals surface area contributed by atoms with Crippen LogP contribution in [-0.2, 0) is 16.6 Å². The van der Waals surface area contributed by atoms with Gasteiger partial charge in [-0.25, -0.2) is 12.7 Å². The van der Waals surface area contributed by atoms with Crippen molar-refractivity contribution in [3.05, 3.63) is 24.0 Å². The molecule has 9 nitrogen and oxygen atoms in total. The highest BCUT2D eigenvalue weighted by Gasteiger charge is 2.18. The summed E-state index contributed by atoms with van der Waals surface area (Å²) in [5, 5.41) is 16.3. The number of nitrogen functional groups attached to an aromatic ring is 1. The molecular formula is C10H15N7O2S. The van der Waals surface area contributed by atoms with E-state index in [2.05, 4.69) is 25.9 Å². The van der Waals surface area contributed by atoms with E-state index in [-0.39, 0.29) is 4.90 Å². The number of hydrogen-bond acceptors (Lipinski definition) is 7. The van der Waals surface area contributed by atoms with Gasteiger partial charge in [-0.05, 0) is 18.2 Å². The van der Waals surface area contributed by atoms with Gasteiger partial charge < -0.3 is 11.1 Å². The highest BCUT2D eigenvalue weighted by atomic mass is 32.2. The van der Waals surface area contributed by atoms with Gasteiger partial charge in [0.1, 0.15) is 0 Å². The second-order valence-electron chi connectivity index (χ2n) is 4.22. The predicted octanol–water partition coefficient (Wildman–Crippen LogP) is -0.356. The molecule has 0 radical (unpaired) electrons. The Balaban J connectivity index is 2.18. The molecule has 20 heavy (non-hydrogen) atoms. The third kappa shape index (κ3) is 2.86. The van der Waals surface area contributed by atoms with Gasteiger partial charge in [-0.1, -0.05) is 5.21 Å². The molecule has 0 unspecified atom stereocenters. The average Bonchev–Trinajstić information content (AvgIpc) is 2.90. The first kappa shape index (κ1) is 14.2. The number of tetrazole rings is 1. The van der Waals surface area contributed by atoms with Gasteiger partial charge in [-0.2, -0.15) is 5.21 Å². The first-order valence-electron chi connectivity index (χ1n) is 5.69. The number of anilines is 2. The molecule has 0 amide bonds. The summed E-state index contributed by atoms with van der Waals surface area (Å²) in [5.74, 6) is 0.481. The van der Waals surface area contributed by atoms with Crippen LogP contribution in [-0.4, -0.2) is 47.4 Å². The third-order valence-corrected chi connectivity index (χ3v) is 4.44. The van der Waals surface area contributed by atoms with Crippen LogP contribution in [0.1, 0.15) is 5.82 Å². The number of nitrogens with one attached hydrogen (secondary N) is 2. The molecule has 1 aromatic heterocycles. The fraction of sp³-hybridized carbons (Fsp3) is 0.300. The summed E-state index contributed by atoms with van der Waals surface area (Å²) in [6, 6.07) is 4.50. The van der Waals surface area contributed by atoms with Gasteiger partial charge in [0.15, 0.2) is 5.82 Å². The predicted molar refractivity (Wildman–Crippen MR) is 73.2 cm³/mol. The van der Waals surface area contributed by atoms with Crippen molar-refractivity contribution in [1.82, 2.24) is 24.9 Å². The summed E-state index contributed by atoms with van der Waals surface area (Å²) in [4.78, 5) is 0.144. The Morgan fingerprint density at radius 3 is 2.70 bits per heavy atom. The Morgan fingerprint density at radius 2 is 2.15 bits per heavy atom. The minimum absolute atomic E-state index is 0.144. The quantitative estimate of drug-likeness (QED) is 0.643. The summed E-state index contributed by atoms with van der Waals surface area (Å²) in [7, 11) is -0.556. The second-order valence-corrected chi connectivity index (χ2v) is 6.37. The number of nitrogens with two attached hydrogens (primary N) is 1. The van der Waals surface area contributed by atoms with E-state index in [4.69, 9.17) is 5.73 Å². The molecule has 1 aromatic carbocycles. The highest BCUT2D eigenvalue weighted by molar-refractivity contribution is 7.89. The van der Waals surface area contributed by atoms with Crippen molar-refractivity contribution in [2.75, 3.05) is 25.1 Å². The van der Waals surface area contributed by atoms with Crippen molar-refractivity contribution in [2.24, 2.45) is 0 Å². The monoisotopic (exact) mass is 297 g/mol. The SMILES string of the molecule is CN(C)S(=O)(=O)c1ccc(NCc2nn[nH]n2)c(N)c1. The summed E-state index contributed by atoms with van der Waals surface area (Å²) in [6.07, 6.45) is 0. The highest BCUT2D eigenvalue weighted by Crippen LogP contribution is 2.24. The second kappa shape index (κ2) is 5.43. The molecule has 108 valence electrons. The van der Waals surface area contributed by atoms with Crippen LogP contribution in [0, 0.1) is 0 Å². The minimum atomic E-state index is -3.49. The first-order chi connectivity index (χ1) is 9.41. The van der Waals surface area contributed by atoms with Crippen LogP contribution in [0.3, 0.4) is 0 Å². The van der Waals surface area contributed by atoms with Crippen molar-refractivity contribution < 1.29 is 8.42 Å². The molecule has 0 aliphatic carbocycles. The zero-order chi connectivity index (χ0) is 14.8. The Labute approximate surface area is 116 Å². The smallest absolute Gasteiger partial charge is 0.242 e. The molecule has 2 rings (SSSR count). The molecule has 0 aliphatic rings. The summed E-state index contributed by atoms with van der Waals surface area (Å²) < 4.78 is 25.0. The number of aromatic nitrogens is 4. The molecule has 0 saturated heterocycles. The fourth-order valence-electron chi connectivity index (χ4n) is 1.50. The van der Waals surface area contributed by atoms with Crippen molar-refractivity contribution in [3.63, 3.8) is 0 Å². The van der Waals surface area contributed by atoms with Gasteiger partial charge in [0, 0.05) is 14.1 Å². The van der Waals surface area contributed by atoms with Crippen LogP contribution in [0.4, 0.5) is 11.4 Å². The van der Waals surface area contributed by atoms with Crippen LogP contribution < -0.4 is 11.1 Å². The molecule has 0 aliphatic heterocycles. The number of nitrogens with zero attached hydrogens (tertiary/aromatic N) is 4. The Kier molecular flexibility index (Phi) is 3.86. The van der Waals surface area contributed by atoms with Gasteiger partial charge in [0.25, 0.3) is 0 Å². The van der Waals surface area contributed by atoms with Gasteiger partial charge in [-0.3, -0.25) is 0 Å². The van der Waals surface area contributed by atoms with E-state index < -0.39 is 10.0 Å². The van der Waals surface area contributed by atoms with Crippen LogP contribution in [0.25, 0.3) is 0 Å². The van der Waals surface area contributed by atoms with Crippen molar-refractivity contribution >= 4 is 21.4 Å². The molecule has 0 saturated carbocycles. The van der Waals surface area contributed by atoms with Crippen LogP contribution >= 0.6 is 0 Å². The van der Waals surface area contributed by atoms with Crippen LogP contribution in [0.2, 0.25) is 0 Å². The lowest BCUT2D eigenvalue weighted by Gasteiger charge is -2.13. The first-order valence-corrected chi connectivity index (χ1v) is 7.13. The van der Waals surface area contributed by atoms with Crippen molar-refractivity contribution in [3.8, 4) is 0 Å². The van der Waals surface area contributed by atoms with Crippen LogP contribution in [0.15, 0.2) is 23.1 Å². The van der Waals surface area contributed by atoms with E-state index in [1.165, 1.54) is 26.2 Å². The van der Waals surface area contributed by atoms with Gasteiger partial charge in [-0.15, -0.1) is 10.2 Å². The Hall–Kier alpha value is -2.20. The van der Waals surface area contributed by atoms with E-state index in [1.807, 2.05) is 0 Å². The molecule has 0 spiro atoms. The van der Waals surface area contributed by atoms with E-state index in [0.717, 1.165) is 4.31 Å². The largest absolute Gasteiger partial charge is 0.397 e. The Bertz CT molecular complexity index is 682. The van der Waals surface area contributed by atoms with E-state index >= 15 is 0 Å². The topological polar surface area (TPSA) is 130 Å². The zero-order valence-electron chi connectivity index (χ0n) is 11.0. The maximum Gasteiger partial charge on any atom is 0.242 e. The zero-order valence-corrected chi connectivity index (χ0v) is 11.8.